The summed E-state index contributed by atoms with van der Waals surface area (Å²) in [5, 5.41) is 18.8. The van der Waals surface area contributed by atoms with Crippen molar-refractivity contribution in [1.29, 1.82) is 0 Å². The van der Waals surface area contributed by atoms with E-state index in [1.54, 1.807) is 0 Å². The highest BCUT2D eigenvalue weighted by Gasteiger charge is 2.25. The van der Waals surface area contributed by atoms with Crippen molar-refractivity contribution < 1.29 is 14.9 Å². The maximum atomic E-state index is 9.60. The molecule has 21 heavy (non-hydrogen) atoms. The fourth-order valence-electron chi connectivity index (χ4n) is 2.82. The van der Waals surface area contributed by atoms with E-state index in [0.717, 1.165) is 40.0 Å². The van der Waals surface area contributed by atoms with Gasteiger partial charge in [0, 0.05) is 18.5 Å². The Labute approximate surface area is 123 Å². The largest absolute Gasteiger partial charge is 0.488 e. The molecule has 0 saturated heterocycles. The van der Waals surface area contributed by atoms with E-state index in [4.69, 9.17) is 10.5 Å². The molecule has 4 nitrogen and oxygen atoms in total. The van der Waals surface area contributed by atoms with Crippen molar-refractivity contribution in [3.63, 3.8) is 0 Å². The zero-order chi connectivity index (χ0) is 14.8. The molecule has 0 radical (unpaired) electrons. The van der Waals surface area contributed by atoms with Gasteiger partial charge in [0.15, 0.2) is 0 Å². The smallest absolute Gasteiger partial charge is 0.130 e. The lowest BCUT2D eigenvalue weighted by Crippen LogP contribution is -2.24. The lowest BCUT2D eigenvalue weighted by atomic mass is 9.95. The molecular formula is C17H19NO3. The number of fused-ring (bicyclic) bond motifs is 1. The highest BCUT2D eigenvalue weighted by Crippen LogP contribution is 2.40. The Morgan fingerprint density at radius 1 is 1.10 bits per heavy atom. The summed E-state index contributed by atoms with van der Waals surface area (Å²) in [5.41, 5.74) is 10.3. The van der Waals surface area contributed by atoms with E-state index in [9.17, 15) is 10.2 Å². The van der Waals surface area contributed by atoms with Gasteiger partial charge in [-0.2, -0.15) is 0 Å². The molecule has 2 aromatic rings. The van der Waals surface area contributed by atoms with Crippen LogP contribution in [0.1, 0.15) is 16.7 Å². The molecule has 0 fully saturated rings. The van der Waals surface area contributed by atoms with Crippen LogP contribution >= 0.6 is 0 Å². The fourth-order valence-corrected chi connectivity index (χ4v) is 2.82. The van der Waals surface area contributed by atoms with E-state index in [0.29, 0.717) is 6.54 Å². The molecule has 110 valence electrons. The van der Waals surface area contributed by atoms with Gasteiger partial charge in [-0.15, -0.1) is 0 Å². The normalized spacial score (nSPS) is 16.6. The molecule has 3 rings (SSSR count). The van der Waals surface area contributed by atoms with Crippen LogP contribution in [0.2, 0.25) is 0 Å². The van der Waals surface area contributed by atoms with Crippen molar-refractivity contribution in [3.05, 3.63) is 53.1 Å². The summed E-state index contributed by atoms with van der Waals surface area (Å²) in [7, 11) is 0. The monoisotopic (exact) mass is 285 g/mol. The number of hydrogen-bond acceptors (Lipinski definition) is 4. The van der Waals surface area contributed by atoms with Crippen LogP contribution in [0.4, 0.5) is 0 Å². The van der Waals surface area contributed by atoms with Crippen LogP contribution in [-0.2, 0) is 19.6 Å². The van der Waals surface area contributed by atoms with Gasteiger partial charge in [-0.25, -0.2) is 0 Å². The number of hydrogen-bond donors (Lipinski definition) is 3. The summed E-state index contributed by atoms with van der Waals surface area (Å²) in [6.07, 6.45) is 0.846. The summed E-state index contributed by atoms with van der Waals surface area (Å²) in [5.74, 6) is 0.861. The number of para-hydroxylation sites is 1. The third kappa shape index (κ3) is 2.53. The van der Waals surface area contributed by atoms with Gasteiger partial charge in [-0.1, -0.05) is 36.4 Å². The Morgan fingerprint density at radius 2 is 1.95 bits per heavy atom. The topological polar surface area (TPSA) is 75.7 Å². The predicted molar refractivity (Wildman–Crippen MR) is 80.9 cm³/mol. The quantitative estimate of drug-likeness (QED) is 0.797. The van der Waals surface area contributed by atoms with Gasteiger partial charge in [-0.05, 0) is 22.3 Å². The van der Waals surface area contributed by atoms with Crippen LogP contribution in [0.5, 0.6) is 5.75 Å². The summed E-state index contributed by atoms with van der Waals surface area (Å²) < 4.78 is 5.94. The van der Waals surface area contributed by atoms with Gasteiger partial charge in [-0.3, -0.25) is 0 Å². The average Bonchev–Trinajstić information content (AvgIpc) is 2.97. The van der Waals surface area contributed by atoms with E-state index < -0.39 is 0 Å². The molecule has 0 aliphatic carbocycles. The minimum absolute atomic E-state index is 0.0236. The van der Waals surface area contributed by atoms with Crippen molar-refractivity contribution in [2.75, 3.05) is 6.54 Å². The van der Waals surface area contributed by atoms with Crippen LogP contribution in [0.3, 0.4) is 0 Å². The van der Waals surface area contributed by atoms with E-state index >= 15 is 0 Å². The van der Waals surface area contributed by atoms with Crippen molar-refractivity contribution in [2.45, 2.75) is 25.7 Å². The number of benzene rings is 2. The van der Waals surface area contributed by atoms with Crippen LogP contribution in [0.15, 0.2) is 36.4 Å². The lowest BCUT2D eigenvalue weighted by molar-refractivity contribution is 0.242. The number of aliphatic hydroxyl groups is 2. The minimum Gasteiger partial charge on any atom is -0.488 e. The van der Waals surface area contributed by atoms with E-state index in [1.807, 2.05) is 30.3 Å². The molecule has 0 bridgehead atoms. The van der Waals surface area contributed by atoms with Crippen molar-refractivity contribution in [2.24, 2.45) is 5.73 Å². The van der Waals surface area contributed by atoms with Crippen molar-refractivity contribution >= 4 is 0 Å². The Hall–Kier alpha value is -1.88. The molecule has 1 aliphatic rings. The molecule has 0 amide bonds. The first-order valence-corrected chi connectivity index (χ1v) is 7.09. The van der Waals surface area contributed by atoms with Crippen LogP contribution in [0, 0.1) is 0 Å². The highest BCUT2D eigenvalue weighted by molar-refractivity contribution is 5.76. The summed E-state index contributed by atoms with van der Waals surface area (Å²) >= 11 is 0. The van der Waals surface area contributed by atoms with E-state index in [1.165, 1.54) is 0 Å². The summed E-state index contributed by atoms with van der Waals surface area (Å²) in [6.45, 7) is 0.378. The number of rotatable bonds is 4. The molecule has 2 aromatic carbocycles. The first-order valence-electron chi connectivity index (χ1n) is 7.09. The zero-order valence-corrected chi connectivity index (χ0v) is 11.7. The Morgan fingerprint density at radius 3 is 2.67 bits per heavy atom. The predicted octanol–water partition coefficient (Wildman–Crippen LogP) is 1.60. The third-order valence-corrected chi connectivity index (χ3v) is 3.90. The number of ether oxygens (including phenoxy) is 1. The maximum Gasteiger partial charge on any atom is 0.130 e. The van der Waals surface area contributed by atoms with Crippen LogP contribution in [0.25, 0.3) is 11.1 Å². The second kappa shape index (κ2) is 5.85. The van der Waals surface area contributed by atoms with Gasteiger partial charge in [0.05, 0.1) is 13.2 Å². The van der Waals surface area contributed by atoms with Gasteiger partial charge in [0.1, 0.15) is 11.9 Å². The van der Waals surface area contributed by atoms with Crippen LogP contribution in [-0.4, -0.2) is 22.9 Å². The molecule has 4 N–H and O–H groups in total. The molecule has 0 saturated carbocycles. The molecule has 1 heterocycles. The molecule has 0 spiro atoms. The molecule has 4 heteroatoms. The second-order valence-electron chi connectivity index (χ2n) is 5.28. The fraction of sp³-hybridized carbons (Fsp3) is 0.294. The Balaban J connectivity index is 2.09. The standard InChI is InChI=1S/C17H19NO3/c18-8-14-7-12-2-1-3-16(17(12)21-14)15-5-4-11(9-19)6-13(15)10-20/h1-6,14,19-20H,7-10,18H2. The summed E-state index contributed by atoms with van der Waals surface area (Å²) in [6, 6.07) is 11.6. The van der Waals surface area contributed by atoms with Gasteiger partial charge >= 0.3 is 0 Å². The van der Waals surface area contributed by atoms with Crippen molar-refractivity contribution in [3.8, 4) is 16.9 Å². The first kappa shape index (κ1) is 14.1. The van der Waals surface area contributed by atoms with E-state index in [2.05, 4.69) is 6.07 Å². The molecule has 1 aliphatic heterocycles. The van der Waals surface area contributed by atoms with Gasteiger partial charge in [0.2, 0.25) is 0 Å². The average molecular weight is 285 g/mol. The Kier molecular flexibility index (Phi) is 3.92. The summed E-state index contributed by atoms with van der Waals surface area (Å²) in [4.78, 5) is 0. The SMILES string of the molecule is NCC1Cc2cccc(-c3ccc(CO)cc3CO)c2O1. The van der Waals surface area contributed by atoms with Crippen molar-refractivity contribution in [1.82, 2.24) is 0 Å². The molecule has 1 atom stereocenters. The molecular weight excluding hydrogens is 266 g/mol. The minimum atomic E-state index is -0.0762. The van der Waals surface area contributed by atoms with Gasteiger partial charge < -0.3 is 20.7 Å². The highest BCUT2D eigenvalue weighted by atomic mass is 16.5. The van der Waals surface area contributed by atoms with Gasteiger partial charge in [0.25, 0.3) is 0 Å². The lowest BCUT2D eigenvalue weighted by Gasteiger charge is -2.14. The maximum absolute atomic E-state index is 9.60. The number of aliphatic hydroxyl groups excluding tert-OH is 2. The zero-order valence-electron chi connectivity index (χ0n) is 11.7. The molecule has 0 aromatic heterocycles. The third-order valence-electron chi connectivity index (χ3n) is 3.90. The van der Waals surface area contributed by atoms with Crippen LogP contribution < -0.4 is 10.5 Å². The number of nitrogens with two attached hydrogens (primary N) is 1. The van der Waals surface area contributed by atoms with E-state index in [-0.39, 0.29) is 19.3 Å². The first-order chi connectivity index (χ1) is 10.3. The Bertz CT molecular complexity index is 654. The molecule has 1 unspecified atom stereocenters. The second-order valence-corrected chi connectivity index (χ2v) is 5.28.